The van der Waals surface area contributed by atoms with E-state index in [1.54, 1.807) is 14.2 Å². The number of rotatable bonds is 8. The number of fused-ring (bicyclic) bond motifs is 9. The van der Waals surface area contributed by atoms with Gasteiger partial charge in [0, 0.05) is 21.7 Å². The average Bonchev–Trinajstić information content (AvgIpc) is 3.31. The molecule has 182 valence electrons. The number of ether oxygens (including phenoxy) is 2. The summed E-state index contributed by atoms with van der Waals surface area (Å²) in [4.78, 5) is 0. The second-order valence-electron chi connectivity index (χ2n) is 10.7. The molecule has 6 rings (SSSR count). The zero-order valence-corrected chi connectivity index (χ0v) is 21.6. The smallest absolute Gasteiger partial charge is 0.119 e. The Labute approximate surface area is 215 Å². The summed E-state index contributed by atoms with van der Waals surface area (Å²) in [5.74, 6) is 1.78. The van der Waals surface area contributed by atoms with Crippen LogP contribution >= 0.6 is 0 Å². The Morgan fingerprint density at radius 1 is 0.583 bits per heavy atom. The number of hydrogen-bond acceptors (Lipinski definition) is 2. The van der Waals surface area contributed by atoms with Crippen molar-refractivity contribution >= 4 is 0 Å². The summed E-state index contributed by atoms with van der Waals surface area (Å²) in [5.41, 5.74) is 7.16. The molecule has 36 heavy (non-hydrogen) atoms. The number of benzene rings is 3. The fourth-order valence-corrected chi connectivity index (χ4v) is 9.04. The molecule has 3 aliphatic carbocycles. The minimum atomic E-state index is -0.300. The standard InChI is InChI=1S/C34H34O2/c1-7-18-32-25-12-10-11-13-26(25)33(19-8-2)30-22-24(36-6)15-17-28(30)34(20-9-3,31(32,33)4)29-21-23(35-5)14-16-27(29)32/h7-17,21-22H,1-3,18-20H2,4-6H3. The third-order valence-electron chi connectivity index (χ3n) is 10.1. The Morgan fingerprint density at radius 3 is 1.31 bits per heavy atom. The summed E-state index contributed by atoms with van der Waals surface area (Å²) < 4.78 is 11.6. The fraction of sp³-hybridized carbons (Fsp3) is 0.294. The number of hydrogen-bond donors (Lipinski definition) is 0. The zero-order chi connectivity index (χ0) is 25.3. The number of methoxy groups -OCH3 is 2. The topological polar surface area (TPSA) is 18.5 Å². The molecule has 0 aromatic heterocycles. The summed E-state index contributed by atoms with van der Waals surface area (Å²) in [5, 5.41) is 0. The van der Waals surface area contributed by atoms with Gasteiger partial charge in [-0.2, -0.15) is 0 Å². The molecule has 0 bridgehead atoms. The lowest BCUT2D eigenvalue weighted by molar-refractivity contribution is 0.0735. The van der Waals surface area contributed by atoms with E-state index in [-0.39, 0.29) is 21.7 Å². The molecule has 0 aliphatic heterocycles. The molecule has 0 fully saturated rings. The minimum absolute atomic E-state index is 0.239. The quantitative estimate of drug-likeness (QED) is 0.312. The molecule has 0 amide bonds. The summed E-state index contributed by atoms with van der Waals surface area (Å²) in [6.45, 7) is 15.4. The first-order chi connectivity index (χ1) is 17.5. The van der Waals surface area contributed by atoms with Crippen LogP contribution in [0.5, 0.6) is 11.5 Å². The normalized spacial score (nSPS) is 30.1. The van der Waals surface area contributed by atoms with Gasteiger partial charge in [-0.15, -0.1) is 19.7 Å². The van der Waals surface area contributed by atoms with E-state index >= 15 is 0 Å². The average molecular weight is 475 g/mol. The molecule has 0 saturated heterocycles. The van der Waals surface area contributed by atoms with Crippen LogP contribution in [0.4, 0.5) is 0 Å². The molecule has 4 atom stereocenters. The van der Waals surface area contributed by atoms with Gasteiger partial charge in [0.05, 0.1) is 14.2 Å². The van der Waals surface area contributed by atoms with Gasteiger partial charge in [-0.3, -0.25) is 0 Å². The molecule has 0 radical (unpaired) electrons. The first-order valence-electron chi connectivity index (χ1n) is 12.8. The Bertz CT molecular complexity index is 1420. The van der Waals surface area contributed by atoms with E-state index in [1.165, 1.54) is 33.4 Å². The van der Waals surface area contributed by atoms with Gasteiger partial charge in [0.1, 0.15) is 11.5 Å². The van der Waals surface area contributed by atoms with E-state index in [1.807, 2.05) is 0 Å². The summed E-state index contributed by atoms with van der Waals surface area (Å²) in [7, 11) is 3.51. The monoisotopic (exact) mass is 474 g/mol. The van der Waals surface area contributed by atoms with Crippen LogP contribution in [-0.4, -0.2) is 14.2 Å². The lowest BCUT2D eigenvalue weighted by atomic mass is 9.48. The van der Waals surface area contributed by atoms with Crippen molar-refractivity contribution in [1.82, 2.24) is 0 Å². The van der Waals surface area contributed by atoms with E-state index in [9.17, 15) is 0 Å². The Morgan fingerprint density at radius 2 is 0.944 bits per heavy atom. The van der Waals surface area contributed by atoms with Crippen molar-refractivity contribution < 1.29 is 9.47 Å². The maximum atomic E-state index is 5.80. The van der Waals surface area contributed by atoms with E-state index in [0.717, 1.165) is 30.8 Å². The van der Waals surface area contributed by atoms with Crippen LogP contribution < -0.4 is 9.47 Å². The molecule has 0 heterocycles. The highest BCUT2D eigenvalue weighted by molar-refractivity contribution is 5.78. The van der Waals surface area contributed by atoms with E-state index in [0.29, 0.717) is 0 Å². The van der Waals surface area contributed by atoms with Crippen LogP contribution in [0.2, 0.25) is 0 Å². The van der Waals surface area contributed by atoms with Crippen LogP contribution in [0.1, 0.15) is 59.6 Å². The molecular formula is C34H34O2. The molecule has 3 aliphatic rings. The molecule has 3 aromatic carbocycles. The predicted molar refractivity (Wildman–Crippen MR) is 147 cm³/mol. The van der Waals surface area contributed by atoms with Gasteiger partial charge in [0.15, 0.2) is 0 Å². The summed E-state index contributed by atoms with van der Waals surface area (Å²) >= 11 is 0. The summed E-state index contributed by atoms with van der Waals surface area (Å²) in [6, 6.07) is 22.5. The Balaban J connectivity index is 1.92. The predicted octanol–water partition coefficient (Wildman–Crippen LogP) is 7.64. The van der Waals surface area contributed by atoms with E-state index in [2.05, 4.69) is 106 Å². The highest BCUT2D eigenvalue weighted by atomic mass is 16.5. The fourth-order valence-electron chi connectivity index (χ4n) is 9.04. The van der Waals surface area contributed by atoms with Crippen LogP contribution in [0, 0.1) is 5.41 Å². The maximum Gasteiger partial charge on any atom is 0.119 e. The second-order valence-corrected chi connectivity index (χ2v) is 10.7. The van der Waals surface area contributed by atoms with Crippen LogP contribution in [0.3, 0.4) is 0 Å². The van der Waals surface area contributed by atoms with Gasteiger partial charge in [-0.1, -0.05) is 61.5 Å². The largest absolute Gasteiger partial charge is 0.497 e. The van der Waals surface area contributed by atoms with Crippen molar-refractivity contribution in [3.8, 4) is 11.5 Å². The van der Waals surface area contributed by atoms with Crippen LogP contribution in [-0.2, 0) is 16.2 Å². The third kappa shape index (κ3) is 2.09. The summed E-state index contributed by atoms with van der Waals surface area (Å²) in [6.07, 6.45) is 8.86. The lowest BCUT2D eigenvalue weighted by Crippen LogP contribution is -2.54. The van der Waals surface area contributed by atoms with Crippen molar-refractivity contribution in [3.05, 3.63) is 132 Å². The SMILES string of the molecule is C=CCC12c3ccccc3C3(CC=C)c4cc(OC)ccc4C(CC=C)(c4cc(OC)ccc41)C23C. The highest BCUT2D eigenvalue weighted by Crippen LogP contribution is 2.85. The van der Waals surface area contributed by atoms with Crippen molar-refractivity contribution in [3.63, 3.8) is 0 Å². The maximum absolute atomic E-state index is 5.80. The zero-order valence-electron chi connectivity index (χ0n) is 21.6. The third-order valence-corrected chi connectivity index (χ3v) is 10.1. The molecule has 3 aromatic rings. The minimum Gasteiger partial charge on any atom is -0.497 e. The number of allylic oxidation sites excluding steroid dienone is 3. The molecule has 0 saturated carbocycles. The lowest BCUT2D eigenvalue weighted by Gasteiger charge is -2.52. The van der Waals surface area contributed by atoms with Gasteiger partial charge in [-0.25, -0.2) is 0 Å². The molecule has 0 spiro atoms. The Kier molecular flexibility index (Phi) is 4.77. The van der Waals surface area contributed by atoms with E-state index in [4.69, 9.17) is 9.47 Å². The molecule has 0 N–H and O–H groups in total. The van der Waals surface area contributed by atoms with Gasteiger partial charge < -0.3 is 9.47 Å². The Hall–Kier alpha value is -3.52. The second kappa shape index (κ2) is 7.49. The van der Waals surface area contributed by atoms with Crippen molar-refractivity contribution in [1.29, 1.82) is 0 Å². The van der Waals surface area contributed by atoms with Crippen molar-refractivity contribution in [2.24, 2.45) is 5.41 Å². The molecule has 4 unspecified atom stereocenters. The molecule has 2 heteroatoms. The van der Waals surface area contributed by atoms with Gasteiger partial charge in [-0.05, 0) is 76.9 Å². The highest BCUT2D eigenvalue weighted by Gasteiger charge is 2.82. The van der Waals surface area contributed by atoms with Crippen LogP contribution in [0.25, 0.3) is 0 Å². The van der Waals surface area contributed by atoms with Gasteiger partial charge in [0.2, 0.25) is 0 Å². The van der Waals surface area contributed by atoms with Crippen LogP contribution in [0.15, 0.2) is 98.6 Å². The van der Waals surface area contributed by atoms with Gasteiger partial charge in [0.25, 0.3) is 0 Å². The van der Waals surface area contributed by atoms with Gasteiger partial charge >= 0.3 is 0 Å². The molecular weight excluding hydrogens is 440 g/mol. The molecule has 2 nitrogen and oxygen atoms in total. The van der Waals surface area contributed by atoms with Crippen molar-refractivity contribution in [2.45, 2.75) is 42.4 Å². The van der Waals surface area contributed by atoms with E-state index < -0.39 is 0 Å². The first-order valence-corrected chi connectivity index (χ1v) is 12.8. The first kappa shape index (κ1) is 22.9. The van der Waals surface area contributed by atoms with Crippen molar-refractivity contribution in [2.75, 3.05) is 14.2 Å².